The largest absolute Gasteiger partial charge is 0.325 e. The van der Waals surface area contributed by atoms with Crippen LogP contribution < -0.4 is 10.6 Å². The third-order valence-corrected chi connectivity index (χ3v) is 3.34. The molecule has 4 nitrogen and oxygen atoms in total. The lowest BCUT2D eigenvalue weighted by Crippen LogP contribution is -2.21. The van der Waals surface area contributed by atoms with Gasteiger partial charge in [-0.2, -0.15) is 5.26 Å². The minimum Gasteiger partial charge on any atom is -0.325 e. The van der Waals surface area contributed by atoms with Crippen LogP contribution in [0.25, 0.3) is 0 Å². The molecule has 1 amide bonds. The Bertz CT molecular complexity index is 677. The number of para-hydroxylation sites is 1. The van der Waals surface area contributed by atoms with Gasteiger partial charge in [-0.25, -0.2) is 0 Å². The van der Waals surface area contributed by atoms with Crippen LogP contribution in [0.1, 0.15) is 17.5 Å². The van der Waals surface area contributed by atoms with E-state index in [2.05, 4.69) is 16.7 Å². The lowest BCUT2D eigenvalue weighted by Gasteiger charge is -2.08. The molecule has 2 aromatic carbocycles. The van der Waals surface area contributed by atoms with E-state index in [4.69, 9.17) is 16.9 Å². The van der Waals surface area contributed by atoms with Crippen LogP contribution >= 0.6 is 11.6 Å². The highest BCUT2D eigenvalue weighted by molar-refractivity contribution is 6.30. The summed E-state index contributed by atoms with van der Waals surface area (Å²) in [7, 11) is 0. The first kappa shape index (κ1) is 16.0. The fourth-order valence-corrected chi connectivity index (χ4v) is 2.07. The van der Waals surface area contributed by atoms with Crippen LogP contribution in [0.5, 0.6) is 0 Å². The molecule has 5 heteroatoms. The second kappa shape index (κ2) is 8.18. The van der Waals surface area contributed by atoms with Crippen LogP contribution in [0.15, 0.2) is 48.5 Å². The van der Waals surface area contributed by atoms with Crippen molar-refractivity contribution >= 4 is 23.2 Å². The Morgan fingerprint density at radius 3 is 2.59 bits per heavy atom. The second-order valence-corrected chi connectivity index (χ2v) is 5.20. The molecule has 112 valence electrons. The first-order chi connectivity index (χ1) is 10.7. The quantitative estimate of drug-likeness (QED) is 0.804. The number of halogens is 1. The van der Waals surface area contributed by atoms with E-state index in [-0.39, 0.29) is 5.91 Å². The molecule has 0 heterocycles. The first-order valence-corrected chi connectivity index (χ1v) is 7.31. The fourth-order valence-electron chi connectivity index (χ4n) is 1.94. The van der Waals surface area contributed by atoms with Crippen LogP contribution in [0, 0.1) is 11.3 Å². The number of benzene rings is 2. The number of hydrogen-bond acceptors (Lipinski definition) is 3. The average Bonchev–Trinajstić information content (AvgIpc) is 2.54. The maximum atomic E-state index is 11.9. The number of nitrogens with zero attached hydrogens (tertiary/aromatic N) is 1. The molecule has 0 aliphatic heterocycles. The highest BCUT2D eigenvalue weighted by Gasteiger charge is 2.05. The molecule has 0 fully saturated rings. The van der Waals surface area contributed by atoms with Crippen molar-refractivity contribution in [2.24, 2.45) is 0 Å². The zero-order chi connectivity index (χ0) is 15.8. The van der Waals surface area contributed by atoms with Crippen LogP contribution in [-0.2, 0) is 11.3 Å². The zero-order valence-corrected chi connectivity index (χ0v) is 12.7. The Labute approximate surface area is 134 Å². The Hall–Kier alpha value is -2.35. The van der Waals surface area contributed by atoms with Gasteiger partial charge in [0.25, 0.3) is 0 Å². The Kier molecular flexibility index (Phi) is 5.96. The van der Waals surface area contributed by atoms with Crippen molar-refractivity contribution < 1.29 is 4.79 Å². The van der Waals surface area contributed by atoms with E-state index in [9.17, 15) is 4.79 Å². The van der Waals surface area contributed by atoms with Gasteiger partial charge >= 0.3 is 0 Å². The van der Waals surface area contributed by atoms with Crippen molar-refractivity contribution in [3.05, 3.63) is 64.7 Å². The van der Waals surface area contributed by atoms with E-state index in [1.54, 1.807) is 24.3 Å². The molecular formula is C17H16ClN3O. The van der Waals surface area contributed by atoms with Crippen molar-refractivity contribution in [1.29, 1.82) is 5.26 Å². The topological polar surface area (TPSA) is 64.9 Å². The smallest absolute Gasteiger partial charge is 0.225 e. The minimum atomic E-state index is -0.119. The summed E-state index contributed by atoms with van der Waals surface area (Å²) in [5.74, 6) is -0.119. The molecule has 0 saturated heterocycles. The molecule has 0 unspecified atom stereocenters. The van der Waals surface area contributed by atoms with E-state index < -0.39 is 0 Å². The number of hydrogen-bond donors (Lipinski definition) is 2. The van der Waals surface area contributed by atoms with Crippen LogP contribution in [0.2, 0.25) is 5.02 Å². The summed E-state index contributed by atoms with van der Waals surface area (Å²) in [5, 5.41) is 15.6. The molecule has 0 aliphatic carbocycles. The highest BCUT2D eigenvalue weighted by Crippen LogP contribution is 2.13. The molecule has 0 saturated carbocycles. The van der Waals surface area contributed by atoms with Crippen LogP contribution in [0.4, 0.5) is 5.69 Å². The number of nitriles is 1. The minimum absolute atomic E-state index is 0.119. The van der Waals surface area contributed by atoms with Gasteiger partial charge in [0, 0.05) is 24.5 Å². The molecule has 0 radical (unpaired) electrons. The maximum absolute atomic E-state index is 11.9. The number of amides is 1. The number of rotatable bonds is 6. The molecule has 2 N–H and O–H groups in total. The lowest BCUT2D eigenvalue weighted by atomic mass is 10.2. The van der Waals surface area contributed by atoms with E-state index in [1.165, 1.54) is 0 Å². The number of anilines is 1. The third-order valence-electron chi connectivity index (χ3n) is 3.09. The summed E-state index contributed by atoms with van der Waals surface area (Å²) in [6, 6.07) is 16.6. The number of carbonyl (C=O) groups excluding carboxylic acids is 1. The highest BCUT2D eigenvalue weighted by atomic mass is 35.5. The molecule has 2 rings (SSSR count). The molecule has 22 heavy (non-hydrogen) atoms. The molecule has 2 aromatic rings. The van der Waals surface area contributed by atoms with Gasteiger partial charge in [0.05, 0.1) is 11.3 Å². The second-order valence-electron chi connectivity index (χ2n) is 4.76. The van der Waals surface area contributed by atoms with Crippen molar-refractivity contribution in [2.75, 3.05) is 11.9 Å². The van der Waals surface area contributed by atoms with Gasteiger partial charge < -0.3 is 10.6 Å². The van der Waals surface area contributed by atoms with Gasteiger partial charge in [-0.1, -0.05) is 35.9 Å². The van der Waals surface area contributed by atoms with Gasteiger partial charge in [0.1, 0.15) is 6.07 Å². The molecule has 0 bridgehead atoms. The summed E-state index contributed by atoms with van der Waals surface area (Å²) < 4.78 is 0. The summed E-state index contributed by atoms with van der Waals surface area (Å²) >= 11 is 5.82. The van der Waals surface area contributed by atoms with Gasteiger partial charge in [-0.3, -0.25) is 4.79 Å². The molecule has 0 atom stereocenters. The molecule has 0 aromatic heterocycles. The Morgan fingerprint density at radius 1 is 1.14 bits per heavy atom. The zero-order valence-electron chi connectivity index (χ0n) is 12.0. The van der Waals surface area contributed by atoms with E-state index >= 15 is 0 Å². The van der Waals surface area contributed by atoms with Crippen molar-refractivity contribution in [3.8, 4) is 6.07 Å². The maximum Gasteiger partial charge on any atom is 0.225 e. The van der Waals surface area contributed by atoms with Gasteiger partial charge in [-0.05, 0) is 29.8 Å². The van der Waals surface area contributed by atoms with Crippen molar-refractivity contribution in [2.45, 2.75) is 13.0 Å². The summed E-state index contributed by atoms with van der Waals surface area (Å²) in [6.07, 6.45) is 0.341. The monoisotopic (exact) mass is 313 g/mol. The third kappa shape index (κ3) is 4.88. The van der Waals surface area contributed by atoms with E-state index in [0.717, 1.165) is 5.56 Å². The number of nitrogens with one attached hydrogen (secondary N) is 2. The first-order valence-electron chi connectivity index (χ1n) is 6.93. The summed E-state index contributed by atoms with van der Waals surface area (Å²) in [4.78, 5) is 11.9. The van der Waals surface area contributed by atoms with Gasteiger partial charge in [-0.15, -0.1) is 0 Å². The predicted molar refractivity (Wildman–Crippen MR) is 87.6 cm³/mol. The SMILES string of the molecule is N#Cc1ccccc1NC(=O)CCNCc1ccc(Cl)cc1. The van der Waals surface area contributed by atoms with Gasteiger partial charge in [0.15, 0.2) is 0 Å². The van der Waals surface area contributed by atoms with Crippen LogP contribution in [-0.4, -0.2) is 12.5 Å². The lowest BCUT2D eigenvalue weighted by molar-refractivity contribution is -0.116. The standard InChI is InChI=1S/C17H16ClN3O/c18-15-7-5-13(6-8-15)12-20-10-9-17(22)21-16-4-2-1-3-14(16)11-19/h1-8,20H,9-10,12H2,(H,21,22). The molecular weight excluding hydrogens is 298 g/mol. The fraction of sp³-hybridized carbons (Fsp3) is 0.176. The predicted octanol–water partition coefficient (Wildman–Crippen LogP) is 3.33. The Morgan fingerprint density at radius 2 is 1.86 bits per heavy atom. The van der Waals surface area contributed by atoms with Gasteiger partial charge in [0.2, 0.25) is 5.91 Å². The van der Waals surface area contributed by atoms with Crippen LogP contribution in [0.3, 0.4) is 0 Å². The summed E-state index contributed by atoms with van der Waals surface area (Å²) in [6.45, 7) is 1.24. The molecule has 0 aliphatic rings. The van der Waals surface area contributed by atoms with E-state index in [1.807, 2.05) is 24.3 Å². The van der Waals surface area contributed by atoms with Crippen molar-refractivity contribution in [3.63, 3.8) is 0 Å². The summed E-state index contributed by atoms with van der Waals surface area (Å²) in [5.41, 5.74) is 2.12. The van der Waals surface area contributed by atoms with E-state index in [0.29, 0.717) is 35.8 Å². The van der Waals surface area contributed by atoms with Crippen molar-refractivity contribution in [1.82, 2.24) is 5.32 Å². The molecule has 0 spiro atoms. The Balaban J connectivity index is 1.74. The average molecular weight is 314 g/mol. The number of carbonyl (C=O) groups is 1. The normalized spacial score (nSPS) is 10.0.